The van der Waals surface area contributed by atoms with Gasteiger partial charge in [-0.2, -0.15) is 0 Å². The van der Waals surface area contributed by atoms with Crippen molar-refractivity contribution in [1.29, 1.82) is 0 Å². The smallest absolute Gasteiger partial charge is 0.286 e. The highest BCUT2D eigenvalue weighted by molar-refractivity contribution is 5.95. The molecule has 0 atom stereocenters. The molecule has 27 heavy (non-hydrogen) atoms. The van der Waals surface area contributed by atoms with Crippen molar-refractivity contribution in [1.82, 2.24) is 19.6 Å². The number of amides is 1. The van der Waals surface area contributed by atoms with Gasteiger partial charge in [0.2, 0.25) is 5.88 Å². The first kappa shape index (κ1) is 16.9. The van der Waals surface area contributed by atoms with Crippen LogP contribution in [-0.2, 0) is 11.3 Å². The first-order valence-corrected chi connectivity index (χ1v) is 8.61. The SMILES string of the molecule is CC(C)n1c(O)c(N=NC(=O)Cn2nnc3ccccc32)c2ccccc21. The first-order valence-electron chi connectivity index (χ1n) is 8.61. The highest BCUT2D eigenvalue weighted by atomic mass is 16.3. The fourth-order valence-electron chi connectivity index (χ4n) is 3.15. The zero-order chi connectivity index (χ0) is 19.0. The van der Waals surface area contributed by atoms with Crippen molar-refractivity contribution in [3.63, 3.8) is 0 Å². The Kier molecular flexibility index (Phi) is 4.15. The number of benzene rings is 2. The summed E-state index contributed by atoms with van der Waals surface area (Å²) in [5.74, 6) is -0.486. The lowest BCUT2D eigenvalue weighted by Gasteiger charge is -2.10. The lowest BCUT2D eigenvalue weighted by molar-refractivity contribution is -0.119. The zero-order valence-electron chi connectivity index (χ0n) is 14.9. The molecule has 0 aliphatic heterocycles. The predicted molar refractivity (Wildman–Crippen MR) is 101 cm³/mol. The number of carbonyl (C=O) groups excluding carboxylic acids is 1. The Bertz CT molecular complexity index is 1170. The first-order chi connectivity index (χ1) is 13.1. The Morgan fingerprint density at radius 3 is 2.59 bits per heavy atom. The molecule has 0 fully saturated rings. The molecular weight excluding hydrogens is 344 g/mol. The second kappa shape index (κ2) is 6.64. The number of nitrogens with zero attached hydrogens (tertiary/aromatic N) is 6. The van der Waals surface area contributed by atoms with Crippen molar-refractivity contribution >= 4 is 33.5 Å². The van der Waals surface area contributed by atoms with Crippen molar-refractivity contribution in [2.75, 3.05) is 0 Å². The standard InChI is InChI=1S/C19H18N6O2/c1-12(2)25-15-9-5-3-7-13(15)18(19(25)27)22-21-17(26)11-24-16-10-6-4-8-14(16)20-23-24/h3-10,12,27H,11H2,1-2H3. The van der Waals surface area contributed by atoms with E-state index < -0.39 is 5.91 Å². The molecule has 4 rings (SSSR count). The Hall–Kier alpha value is -3.55. The number of carbonyl (C=O) groups is 1. The molecule has 0 radical (unpaired) electrons. The maximum Gasteiger partial charge on any atom is 0.286 e. The minimum absolute atomic E-state index is 0.00560. The van der Waals surface area contributed by atoms with Gasteiger partial charge in [0.25, 0.3) is 5.91 Å². The fraction of sp³-hybridized carbons (Fsp3) is 0.211. The molecule has 0 aliphatic carbocycles. The molecule has 0 saturated heterocycles. The van der Waals surface area contributed by atoms with Crippen LogP contribution in [0.5, 0.6) is 5.88 Å². The molecule has 4 aromatic rings. The lowest BCUT2D eigenvalue weighted by Crippen LogP contribution is -2.08. The molecular formula is C19H18N6O2. The van der Waals surface area contributed by atoms with Crippen molar-refractivity contribution in [3.8, 4) is 5.88 Å². The molecule has 2 aromatic heterocycles. The van der Waals surface area contributed by atoms with E-state index in [-0.39, 0.29) is 24.2 Å². The topological polar surface area (TPSA) is 97.7 Å². The Morgan fingerprint density at radius 2 is 1.81 bits per heavy atom. The van der Waals surface area contributed by atoms with Crippen molar-refractivity contribution in [3.05, 3.63) is 48.5 Å². The summed E-state index contributed by atoms with van der Waals surface area (Å²) in [6.07, 6.45) is 0. The molecule has 136 valence electrons. The van der Waals surface area contributed by atoms with Crippen molar-refractivity contribution in [2.45, 2.75) is 26.4 Å². The molecule has 0 bridgehead atoms. The van der Waals surface area contributed by atoms with Crippen LogP contribution < -0.4 is 0 Å². The second-order valence-electron chi connectivity index (χ2n) is 6.48. The summed E-state index contributed by atoms with van der Waals surface area (Å²) in [4.78, 5) is 12.3. The van der Waals surface area contributed by atoms with E-state index in [1.165, 1.54) is 4.68 Å². The number of hydrogen-bond donors (Lipinski definition) is 1. The van der Waals surface area contributed by atoms with Gasteiger partial charge in [0, 0.05) is 11.4 Å². The molecule has 0 unspecified atom stereocenters. The quantitative estimate of drug-likeness (QED) is 0.555. The van der Waals surface area contributed by atoms with Crippen LogP contribution in [0, 0.1) is 0 Å². The van der Waals surface area contributed by atoms with Crippen molar-refractivity contribution in [2.24, 2.45) is 10.2 Å². The van der Waals surface area contributed by atoms with Gasteiger partial charge in [-0.15, -0.1) is 15.3 Å². The third-order valence-electron chi connectivity index (χ3n) is 4.34. The van der Waals surface area contributed by atoms with E-state index in [4.69, 9.17) is 0 Å². The van der Waals surface area contributed by atoms with Gasteiger partial charge in [0.05, 0.1) is 11.0 Å². The number of azo groups is 1. The van der Waals surface area contributed by atoms with Gasteiger partial charge in [-0.3, -0.25) is 4.79 Å². The summed E-state index contributed by atoms with van der Waals surface area (Å²) in [6, 6.07) is 14.9. The molecule has 0 aliphatic rings. The maximum atomic E-state index is 12.3. The van der Waals surface area contributed by atoms with Crippen LogP contribution in [0.1, 0.15) is 19.9 Å². The van der Waals surface area contributed by atoms with E-state index in [2.05, 4.69) is 20.5 Å². The molecule has 1 amide bonds. The zero-order valence-corrected chi connectivity index (χ0v) is 14.9. The van der Waals surface area contributed by atoms with Gasteiger partial charge in [-0.25, -0.2) is 4.68 Å². The van der Waals surface area contributed by atoms with Crippen LogP contribution in [0.3, 0.4) is 0 Å². The second-order valence-corrected chi connectivity index (χ2v) is 6.48. The van der Waals surface area contributed by atoms with Gasteiger partial charge < -0.3 is 9.67 Å². The molecule has 8 heteroatoms. The number of para-hydroxylation sites is 2. The number of rotatable bonds is 4. The molecule has 8 nitrogen and oxygen atoms in total. The summed E-state index contributed by atoms with van der Waals surface area (Å²) < 4.78 is 3.24. The predicted octanol–water partition coefficient (Wildman–Crippen LogP) is 3.98. The number of hydrogen-bond acceptors (Lipinski definition) is 5. The normalized spacial score (nSPS) is 12.0. The highest BCUT2D eigenvalue weighted by Crippen LogP contribution is 2.40. The van der Waals surface area contributed by atoms with Crippen LogP contribution in [0.25, 0.3) is 21.9 Å². The van der Waals surface area contributed by atoms with Gasteiger partial charge in [-0.1, -0.05) is 35.5 Å². The van der Waals surface area contributed by atoms with Gasteiger partial charge >= 0.3 is 0 Å². The molecule has 2 aromatic carbocycles. The van der Waals surface area contributed by atoms with Crippen LogP contribution in [0.15, 0.2) is 58.8 Å². The van der Waals surface area contributed by atoms with E-state index in [0.717, 1.165) is 16.4 Å². The maximum absolute atomic E-state index is 12.3. The third-order valence-corrected chi connectivity index (χ3v) is 4.34. The fourth-order valence-corrected chi connectivity index (χ4v) is 3.15. The summed E-state index contributed by atoms with van der Waals surface area (Å²) in [7, 11) is 0. The third kappa shape index (κ3) is 2.95. The largest absolute Gasteiger partial charge is 0.493 e. The average molecular weight is 362 g/mol. The van der Waals surface area contributed by atoms with Crippen LogP contribution in [-0.4, -0.2) is 30.6 Å². The Morgan fingerprint density at radius 1 is 1.11 bits per heavy atom. The van der Waals surface area contributed by atoms with Gasteiger partial charge in [-0.05, 0) is 32.0 Å². The molecule has 2 heterocycles. The molecule has 0 spiro atoms. The van der Waals surface area contributed by atoms with Crippen LogP contribution in [0.2, 0.25) is 0 Å². The number of aromatic nitrogens is 4. The minimum atomic E-state index is -0.480. The molecule has 1 N–H and O–H groups in total. The highest BCUT2D eigenvalue weighted by Gasteiger charge is 2.18. The van der Waals surface area contributed by atoms with Gasteiger partial charge in [0.15, 0.2) is 5.69 Å². The number of fused-ring (bicyclic) bond motifs is 2. The summed E-state index contributed by atoms with van der Waals surface area (Å²) in [6.45, 7) is 3.86. The van der Waals surface area contributed by atoms with E-state index >= 15 is 0 Å². The Balaban J connectivity index is 1.65. The van der Waals surface area contributed by atoms with Crippen LogP contribution in [0.4, 0.5) is 5.69 Å². The van der Waals surface area contributed by atoms with Crippen LogP contribution >= 0.6 is 0 Å². The summed E-state index contributed by atoms with van der Waals surface area (Å²) in [5.41, 5.74) is 2.59. The van der Waals surface area contributed by atoms with Crippen molar-refractivity contribution < 1.29 is 9.90 Å². The molecule has 0 saturated carbocycles. The average Bonchev–Trinajstić information content (AvgIpc) is 3.18. The minimum Gasteiger partial charge on any atom is -0.493 e. The number of aromatic hydroxyl groups is 1. The monoisotopic (exact) mass is 362 g/mol. The Labute approximate surface area is 154 Å². The summed E-state index contributed by atoms with van der Waals surface area (Å²) >= 11 is 0. The van der Waals surface area contributed by atoms with E-state index in [9.17, 15) is 9.90 Å². The van der Waals surface area contributed by atoms with E-state index in [0.29, 0.717) is 5.52 Å². The van der Waals surface area contributed by atoms with E-state index in [1.54, 1.807) is 4.57 Å². The van der Waals surface area contributed by atoms with Gasteiger partial charge in [0.1, 0.15) is 12.1 Å². The van der Waals surface area contributed by atoms with E-state index in [1.807, 2.05) is 62.4 Å². The summed E-state index contributed by atoms with van der Waals surface area (Å²) in [5, 5.41) is 27.1. The lowest BCUT2D eigenvalue weighted by atomic mass is 10.2.